The molecule has 1 heterocycles. The molecule has 2 rings (SSSR count). The van der Waals surface area contributed by atoms with Gasteiger partial charge in [0.05, 0.1) is 18.9 Å². The number of para-hydroxylation sites is 1. The van der Waals surface area contributed by atoms with E-state index < -0.39 is 28.7 Å². The van der Waals surface area contributed by atoms with Gasteiger partial charge in [-0.05, 0) is 12.1 Å². The molecule has 1 N–H and O–H groups in total. The molecule has 0 atom stereocenters. The molecule has 0 saturated heterocycles. The minimum Gasteiger partial charge on any atom is -0.503 e. The Bertz CT molecular complexity index is 821. The predicted molar refractivity (Wildman–Crippen MR) is 83.4 cm³/mol. The van der Waals surface area contributed by atoms with Crippen LogP contribution in [0.4, 0.5) is 13.2 Å². The third-order valence-corrected chi connectivity index (χ3v) is 3.15. The van der Waals surface area contributed by atoms with Gasteiger partial charge in [0.25, 0.3) is 0 Å². The van der Waals surface area contributed by atoms with E-state index in [0.717, 1.165) is 6.26 Å². The van der Waals surface area contributed by atoms with Crippen LogP contribution in [0.2, 0.25) is 5.15 Å². The molecular weight excluding hydrogens is 363 g/mol. The summed E-state index contributed by atoms with van der Waals surface area (Å²) in [4.78, 5) is 15.0. The van der Waals surface area contributed by atoms with Crippen LogP contribution in [0, 0.1) is 0 Å². The molecule has 0 radical (unpaired) electrons. The van der Waals surface area contributed by atoms with Crippen LogP contribution < -0.4 is 4.74 Å². The third-order valence-electron chi connectivity index (χ3n) is 2.96. The van der Waals surface area contributed by atoms with Gasteiger partial charge < -0.3 is 14.6 Å². The van der Waals surface area contributed by atoms with Crippen molar-refractivity contribution in [2.45, 2.75) is 6.18 Å². The van der Waals surface area contributed by atoms with Gasteiger partial charge in [-0.1, -0.05) is 29.8 Å². The van der Waals surface area contributed by atoms with Crippen LogP contribution in [0.5, 0.6) is 11.6 Å². The summed E-state index contributed by atoms with van der Waals surface area (Å²) < 4.78 is 48.6. The molecule has 5 nitrogen and oxygen atoms in total. The van der Waals surface area contributed by atoms with Crippen molar-refractivity contribution >= 4 is 23.1 Å². The quantitative estimate of drug-likeness (QED) is 0.470. The Morgan fingerprint density at radius 2 is 1.96 bits per heavy atom. The number of alkyl halides is 3. The first-order valence-corrected chi connectivity index (χ1v) is 7.08. The summed E-state index contributed by atoms with van der Waals surface area (Å²) in [7, 11) is 1.26. The molecule has 0 saturated carbocycles. The van der Waals surface area contributed by atoms with Crippen LogP contribution in [0.15, 0.2) is 42.7 Å². The van der Waals surface area contributed by atoms with Gasteiger partial charge in [0.1, 0.15) is 16.5 Å². The molecule has 0 aliphatic carbocycles. The van der Waals surface area contributed by atoms with E-state index in [4.69, 9.17) is 21.1 Å². The first-order valence-electron chi connectivity index (χ1n) is 6.70. The molecule has 9 heteroatoms. The number of rotatable bonds is 5. The number of hydrogen-bond acceptors (Lipinski definition) is 4. The summed E-state index contributed by atoms with van der Waals surface area (Å²) >= 11 is 5.61. The monoisotopic (exact) mass is 373 g/mol. The summed E-state index contributed by atoms with van der Waals surface area (Å²) in [6.07, 6.45) is -3.65. The van der Waals surface area contributed by atoms with Crippen molar-refractivity contribution in [1.29, 1.82) is 0 Å². The Kier molecular flexibility index (Phi) is 5.53. The highest BCUT2D eigenvalue weighted by atomic mass is 35.5. The van der Waals surface area contributed by atoms with Crippen LogP contribution in [-0.4, -0.2) is 23.2 Å². The van der Waals surface area contributed by atoms with Crippen LogP contribution in [-0.2, 0) is 15.7 Å². The van der Waals surface area contributed by atoms with Crippen LogP contribution in [0.25, 0.3) is 5.57 Å². The lowest BCUT2D eigenvalue weighted by atomic mass is 10.1. The molecule has 0 fully saturated rings. The van der Waals surface area contributed by atoms with Crippen LogP contribution in [0.3, 0.4) is 0 Å². The Hall–Kier alpha value is -2.74. The fraction of sp³-hybridized carbons (Fsp3) is 0.125. The first kappa shape index (κ1) is 18.6. The zero-order valence-corrected chi connectivity index (χ0v) is 13.4. The average molecular weight is 374 g/mol. The van der Waals surface area contributed by atoms with E-state index in [9.17, 15) is 23.1 Å². The van der Waals surface area contributed by atoms with E-state index in [1.807, 2.05) is 0 Å². The molecule has 1 aromatic carbocycles. The molecule has 132 valence electrons. The van der Waals surface area contributed by atoms with Gasteiger partial charge in [0, 0.05) is 11.6 Å². The Balaban J connectivity index is 2.47. The standard InChI is InChI=1S/C16H11ClF3NO4/c1-24-8-11(15(22)23)10-4-2-3-5-12(10)25-14-7-9(16(18,19)20)6-13(17)21-14/h2-8H,1H3,(H,22,23). The molecule has 2 aromatic rings. The second-order valence-electron chi connectivity index (χ2n) is 4.69. The van der Waals surface area contributed by atoms with Crippen molar-refractivity contribution in [2.24, 2.45) is 0 Å². The number of carboxylic acids is 1. The Morgan fingerprint density at radius 3 is 2.56 bits per heavy atom. The maximum atomic E-state index is 12.9. The SMILES string of the molecule is COC=C(C(=O)O)c1ccccc1Oc1cc(C(F)(F)F)cc(Cl)n1. The Labute approximate surface area is 145 Å². The molecule has 1 aromatic heterocycles. The normalized spacial score (nSPS) is 12.0. The summed E-state index contributed by atoms with van der Waals surface area (Å²) in [5.74, 6) is -1.74. The number of nitrogens with zero attached hydrogens (tertiary/aromatic N) is 1. The topological polar surface area (TPSA) is 68.7 Å². The smallest absolute Gasteiger partial charge is 0.416 e. The molecule has 0 unspecified atom stereocenters. The first-order chi connectivity index (χ1) is 11.7. The number of methoxy groups -OCH3 is 1. The van der Waals surface area contributed by atoms with Gasteiger partial charge in [0.15, 0.2) is 0 Å². The maximum absolute atomic E-state index is 12.9. The molecule has 0 aliphatic heterocycles. The van der Waals surface area contributed by atoms with E-state index >= 15 is 0 Å². The number of pyridine rings is 1. The molecular formula is C16H11ClF3NO4. The molecule has 25 heavy (non-hydrogen) atoms. The van der Waals surface area contributed by atoms with Crippen LogP contribution in [0.1, 0.15) is 11.1 Å². The number of carboxylic acid groups (broad SMARTS) is 1. The van der Waals surface area contributed by atoms with Crippen molar-refractivity contribution in [3.05, 3.63) is 58.9 Å². The summed E-state index contributed by atoms with van der Waals surface area (Å²) in [5.41, 5.74) is -1.17. The van der Waals surface area contributed by atoms with E-state index in [1.165, 1.54) is 25.3 Å². The minimum atomic E-state index is -4.63. The maximum Gasteiger partial charge on any atom is 0.416 e. The molecule has 0 aliphatic rings. The van der Waals surface area contributed by atoms with E-state index in [-0.39, 0.29) is 16.9 Å². The van der Waals surface area contributed by atoms with Gasteiger partial charge in [0.2, 0.25) is 5.88 Å². The number of aromatic nitrogens is 1. The van der Waals surface area contributed by atoms with Crippen molar-refractivity contribution in [1.82, 2.24) is 4.98 Å². The number of carbonyl (C=O) groups is 1. The highest BCUT2D eigenvalue weighted by Gasteiger charge is 2.32. The van der Waals surface area contributed by atoms with E-state index in [1.54, 1.807) is 6.07 Å². The summed E-state index contributed by atoms with van der Waals surface area (Å²) in [5, 5.41) is 8.84. The van der Waals surface area contributed by atoms with Crippen LogP contribution >= 0.6 is 11.6 Å². The average Bonchev–Trinajstić information content (AvgIpc) is 2.52. The number of hydrogen-bond donors (Lipinski definition) is 1. The lowest BCUT2D eigenvalue weighted by Gasteiger charge is -2.13. The van der Waals surface area contributed by atoms with Crippen molar-refractivity contribution in [2.75, 3.05) is 7.11 Å². The second-order valence-corrected chi connectivity index (χ2v) is 5.07. The number of ether oxygens (including phenoxy) is 2. The van der Waals surface area contributed by atoms with Gasteiger partial charge in [-0.2, -0.15) is 13.2 Å². The molecule has 0 bridgehead atoms. The van der Waals surface area contributed by atoms with E-state index in [0.29, 0.717) is 12.1 Å². The lowest BCUT2D eigenvalue weighted by Crippen LogP contribution is -2.06. The van der Waals surface area contributed by atoms with Crippen molar-refractivity contribution < 1.29 is 32.5 Å². The number of aliphatic carboxylic acids is 1. The predicted octanol–water partition coefficient (Wildman–Crippen LogP) is 4.62. The van der Waals surface area contributed by atoms with Crippen molar-refractivity contribution in [3.63, 3.8) is 0 Å². The fourth-order valence-corrected chi connectivity index (χ4v) is 2.13. The Morgan fingerprint density at radius 1 is 1.28 bits per heavy atom. The van der Waals surface area contributed by atoms with Gasteiger partial charge in [-0.15, -0.1) is 0 Å². The van der Waals surface area contributed by atoms with Gasteiger partial charge >= 0.3 is 12.1 Å². The minimum absolute atomic E-state index is 0.0175. The zero-order chi connectivity index (χ0) is 18.6. The number of benzene rings is 1. The molecule has 0 spiro atoms. The summed E-state index contributed by atoms with van der Waals surface area (Å²) in [6, 6.07) is 7.21. The molecule has 0 amide bonds. The highest BCUT2D eigenvalue weighted by Crippen LogP contribution is 2.35. The highest BCUT2D eigenvalue weighted by molar-refractivity contribution is 6.29. The van der Waals surface area contributed by atoms with Gasteiger partial charge in [-0.3, -0.25) is 0 Å². The number of halogens is 4. The summed E-state index contributed by atoms with van der Waals surface area (Å²) in [6.45, 7) is 0. The largest absolute Gasteiger partial charge is 0.503 e. The fourth-order valence-electron chi connectivity index (χ4n) is 1.93. The van der Waals surface area contributed by atoms with E-state index in [2.05, 4.69) is 4.98 Å². The van der Waals surface area contributed by atoms with Crippen molar-refractivity contribution in [3.8, 4) is 11.6 Å². The third kappa shape index (κ3) is 4.63. The zero-order valence-electron chi connectivity index (χ0n) is 12.7. The lowest BCUT2D eigenvalue weighted by molar-refractivity contribution is -0.137. The second kappa shape index (κ2) is 7.43. The van der Waals surface area contributed by atoms with Gasteiger partial charge in [-0.25, -0.2) is 9.78 Å².